The molecule has 0 saturated carbocycles. The fraction of sp³-hybridized carbons (Fsp3) is 0.0909. The van der Waals surface area contributed by atoms with Crippen molar-refractivity contribution in [2.75, 3.05) is 0 Å². The molecule has 7 heteroatoms. The number of aryl methyl sites for hydroxylation is 2. The fourth-order valence-corrected chi connectivity index (χ4v) is 2.93. The third-order valence-electron chi connectivity index (χ3n) is 4.70. The molecule has 0 fully saturated rings. The van der Waals surface area contributed by atoms with E-state index in [2.05, 4.69) is 9.98 Å². The number of nitro groups is 1. The Morgan fingerprint density at radius 2 is 1.90 bits per heavy atom. The van der Waals surface area contributed by atoms with Crippen LogP contribution in [0.25, 0.3) is 22.6 Å². The lowest BCUT2D eigenvalue weighted by Gasteiger charge is -2.09. The molecule has 7 nitrogen and oxygen atoms in total. The van der Waals surface area contributed by atoms with Gasteiger partial charge in [-0.05, 0) is 66.6 Å². The van der Waals surface area contributed by atoms with Crippen LogP contribution in [0.1, 0.15) is 16.7 Å². The first-order valence-corrected chi connectivity index (χ1v) is 8.89. The van der Waals surface area contributed by atoms with Gasteiger partial charge in [-0.15, -0.1) is 0 Å². The van der Waals surface area contributed by atoms with Crippen molar-refractivity contribution in [3.63, 3.8) is 0 Å². The van der Waals surface area contributed by atoms with Crippen molar-refractivity contribution in [2.45, 2.75) is 13.8 Å². The van der Waals surface area contributed by atoms with Crippen LogP contribution < -0.4 is 5.11 Å². The lowest BCUT2D eigenvalue weighted by atomic mass is 10.1. The fourth-order valence-electron chi connectivity index (χ4n) is 2.93. The van der Waals surface area contributed by atoms with Gasteiger partial charge in [0, 0.05) is 17.8 Å². The highest BCUT2D eigenvalue weighted by Crippen LogP contribution is 2.29. The van der Waals surface area contributed by atoms with Crippen LogP contribution >= 0.6 is 0 Å². The molecule has 0 spiro atoms. The van der Waals surface area contributed by atoms with E-state index in [1.54, 1.807) is 18.2 Å². The van der Waals surface area contributed by atoms with Crippen LogP contribution in [-0.2, 0) is 0 Å². The zero-order valence-electron chi connectivity index (χ0n) is 15.7. The Bertz CT molecular complexity index is 1270. The molecule has 0 saturated heterocycles. The van der Waals surface area contributed by atoms with Crippen LogP contribution in [-0.4, -0.2) is 16.1 Å². The molecular formula is C22H16N3O4-. The minimum atomic E-state index is -0.699. The maximum absolute atomic E-state index is 12.1. The molecule has 0 radical (unpaired) electrons. The molecule has 4 rings (SSSR count). The normalized spacial score (nSPS) is 11.4. The second kappa shape index (κ2) is 7.20. The summed E-state index contributed by atoms with van der Waals surface area (Å²) in [5, 5.41) is 23.0. The van der Waals surface area contributed by atoms with Crippen LogP contribution in [0.4, 0.5) is 11.4 Å². The molecule has 3 aromatic carbocycles. The van der Waals surface area contributed by atoms with Crippen molar-refractivity contribution in [2.24, 2.45) is 4.99 Å². The van der Waals surface area contributed by atoms with Crippen LogP contribution in [0.2, 0.25) is 0 Å². The molecule has 0 amide bonds. The summed E-state index contributed by atoms with van der Waals surface area (Å²) in [5.74, 6) is -0.148. The number of hydrogen-bond acceptors (Lipinski definition) is 6. The van der Waals surface area contributed by atoms with Crippen molar-refractivity contribution in [1.82, 2.24) is 4.98 Å². The van der Waals surface area contributed by atoms with Gasteiger partial charge in [0.25, 0.3) is 5.69 Å². The minimum Gasteiger partial charge on any atom is -0.867 e. The monoisotopic (exact) mass is 386 g/mol. The SMILES string of the molecule is Cc1ccc(-c2nc3cc(N=Cc4cccc([N+](=O)[O-])c4[O-])ccc3o2)cc1C. The maximum Gasteiger partial charge on any atom is 0.262 e. The summed E-state index contributed by atoms with van der Waals surface area (Å²) >= 11 is 0. The van der Waals surface area contributed by atoms with Crippen molar-refractivity contribution in [1.29, 1.82) is 0 Å². The van der Waals surface area contributed by atoms with Gasteiger partial charge in [-0.2, -0.15) is 0 Å². The molecule has 0 atom stereocenters. The Balaban J connectivity index is 1.66. The number of para-hydroxylation sites is 1. The van der Waals surface area contributed by atoms with E-state index in [0.29, 0.717) is 22.7 Å². The van der Waals surface area contributed by atoms with Gasteiger partial charge in [0.15, 0.2) is 5.58 Å². The number of hydrogen-bond donors (Lipinski definition) is 0. The number of rotatable bonds is 4. The van der Waals surface area contributed by atoms with E-state index >= 15 is 0 Å². The predicted octanol–water partition coefficient (Wildman–Crippen LogP) is 4.84. The quantitative estimate of drug-likeness (QED) is 0.283. The molecule has 1 heterocycles. The second-order valence-electron chi connectivity index (χ2n) is 6.68. The molecule has 0 aliphatic heterocycles. The van der Waals surface area contributed by atoms with Gasteiger partial charge in [0.05, 0.1) is 10.6 Å². The first-order chi connectivity index (χ1) is 13.9. The Labute approximate surface area is 166 Å². The second-order valence-corrected chi connectivity index (χ2v) is 6.68. The lowest BCUT2D eigenvalue weighted by Crippen LogP contribution is -2.01. The summed E-state index contributed by atoms with van der Waals surface area (Å²) in [7, 11) is 0. The smallest absolute Gasteiger partial charge is 0.262 e. The zero-order valence-corrected chi connectivity index (χ0v) is 15.7. The molecule has 29 heavy (non-hydrogen) atoms. The number of aromatic nitrogens is 1. The number of oxazole rings is 1. The number of nitrogens with zero attached hydrogens (tertiary/aromatic N) is 3. The number of fused-ring (bicyclic) bond motifs is 1. The van der Waals surface area contributed by atoms with Gasteiger partial charge in [-0.3, -0.25) is 15.1 Å². The Hall–Kier alpha value is -4.00. The molecule has 0 unspecified atom stereocenters. The average Bonchev–Trinajstić information content (AvgIpc) is 3.12. The van der Waals surface area contributed by atoms with Crippen LogP contribution in [0.15, 0.2) is 64.0 Å². The number of nitro benzene ring substituents is 1. The summed E-state index contributed by atoms with van der Waals surface area (Å²) in [6, 6.07) is 15.4. The van der Waals surface area contributed by atoms with Gasteiger partial charge >= 0.3 is 0 Å². The third-order valence-corrected chi connectivity index (χ3v) is 4.70. The largest absolute Gasteiger partial charge is 0.867 e. The first-order valence-electron chi connectivity index (χ1n) is 8.89. The number of benzene rings is 3. The van der Waals surface area contributed by atoms with Crippen LogP contribution in [0.3, 0.4) is 0 Å². The Morgan fingerprint density at radius 1 is 1.07 bits per heavy atom. The van der Waals surface area contributed by atoms with Crippen LogP contribution in [0.5, 0.6) is 5.75 Å². The van der Waals surface area contributed by atoms with E-state index in [1.165, 1.54) is 30.0 Å². The number of aliphatic imine (C=N–C) groups is 1. The molecule has 4 aromatic rings. The summed E-state index contributed by atoms with van der Waals surface area (Å²) < 4.78 is 5.84. The standard InChI is InChI=1S/C22H17N3O4/c1-13-6-7-15(10-14(13)2)22-24-18-11-17(8-9-20(18)29-22)23-12-16-4-3-5-19(21(16)26)25(27)28/h3-12,26H,1-2H3/p-1. The highest BCUT2D eigenvalue weighted by Gasteiger charge is 2.10. The Kier molecular flexibility index (Phi) is 4.56. The Morgan fingerprint density at radius 3 is 2.66 bits per heavy atom. The predicted molar refractivity (Wildman–Crippen MR) is 109 cm³/mol. The van der Waals surface area contributed by atoms with Gasteiger partial charge in [-0.1, -0.05) is 18.2 Å². The van der Waals surface area contributed by atoms with Crippen molar-refractivity contribution in [3.05, 3.63) is 81.4 Å². The van der Waals surface area contributed by atoms with Gasteiger partial charge < -0.3 is 9.52 Å². The highest BCUT2D eigenvalue weighted by atomic mass is 16.6. The van der Waals surface area contributed by atoms with E-state index < -0.39 is 16.4 Å². The van der Waals surface area contributed by atoms with Crippen molar-refractivity contribution in [3.8, 4) is 17.2 Å². The van der Waals surface area contributed by atoms with E-state index in [4.69, 9.17) is 4.42 Å². The molecule has 144 valence electrons. The zero-order chi connectivity index (χ0) is 20.5. The molecular weight excluding hydrogens is 370 g/mol. The van der Waals surface area contributed by atoms with E-state index in [-0.39, 0.29) is 5.56 Å². The minimum absolute atomic E-state index is 0.148. The molecule has 0 aliphatic rings. The van der Waals surface area contributed by atoms with Crippen molar-refractivity contribution >= 4 is 28.7 Å². The topological polar surface area (TPSA) is 105 Å². The first kappa shape index (κ1) is 18.4. The summed E-state index contributed by atoms with van der Waals surface area (Å²) in [6.07, 6.45) is 1.32. The summed E-state index contributed by atoms with van der Waals surface area (Å²) in [5.41, 5.74) is 4.73. The summed E-state index contributed by atoms with van der Waals surface area (Å²) in [4.78, 5) is 19.0. The van der Waals surface area contributed by atoms with Crippen LogP contribution in [0, 0.1) is 24.0 Å². The summed E-state index contributed by atoms with van der Waals surface area (Å²) in [6.45, 7) is 4.08. The molecule has 0 aliphatic carbocycles. The van der Waals surface area contributed by atoms with E-state index in [0.717, 1.165) is 11.1 Å². The third kappa shape index (κ3) is 3.58. The average molecular weight is 386 g/mol. The molecule has 1 aromatic heterocycles. The van der Waals surface area contributed by atoms with Gasteiger partial charge in [-0.25, -0.2) is 4.98 Å². The van der Waals surface area contributed by atoms with E-state index in [1.807, 2.05) is 32.0 Å². The van der Waals surface area contributed by atoms with Gasteiger partial charge in [0.1, 0.15) is 5.52 Å². The van der Waals surface area contributed by atoms with Crippen molar-refractivity contribution < 1.29 is 14.4 Å². The van der Waals surface area contributed by atoms with Gasteiger partial charge in [0.2, 0.25) is 5.89 Å². The highest BCUT2D eigenvalue weighted by molar-refractivity contribution is 5.88. The molecule has 0 N–H and O–H groups in total. The maximum atomic E-state index is 12.1. The van der Waals surface area contributed by atoms with E-state index in [9.17, 15) is 15.2 Å². The lowest BCUT2D eigenvalue weighted by molar-refractivity contribution is -0.398. The molecule has 0 bridgehead atoms.